The highest BCUT2D eigenvalue weighted by Gasteiger charge is 2.36. The van der Waals surface area contributed by atoms with Gasteiger partial charge in [-0.2, -0.15) is 5.10 Å². The van der Waals surface area contributed by atoms with E-state index < -0.39 is 0 Å². The van der Waals surface area contributed by atoms with Crippen molar-refractivity contribution in [1.29, 1.82) is 0 Å². The van der Waals surface area contributed by atoms with Crippen molar-refractivity contribution in [2.45, 2.75) is 19.0 Å². The summed E-state index contributed by atoms with van der Waals surface area (Å²) in [6.07, 6.45) is 5.57. The first-order chi connectivity index (χ1) is 14.6. The van der Waals surface area contributed by atoms with Crippen LogP contribution < -0.4 is 9.64 Å². The van der Waals surface area contributed by atoms with Gasteiger partial charge in [0.1, 0.15) is 17.5 Å². The Hall–Kier alpha value is -3.13. The summed E-state index contributed by atoms with van der Waals surface area (Å²) in [5.74, 6) is 0.730. The van der Waals surface area contributed by atoms with E-state index in [1.165, 1.54) is 0 Å². The second-order valence-electron chi connectivity index (χ2n) is 7.53. The van der Waals surface area contributed by atoms with Crippen molar-refractivity contribution >= 4 is 23.2 Å². The maximum Gasteiger partial charge on any atom is 0.275 e. The van der Waals surface area contributed by atoms with Crippen molar-refractivity contribution in [3.05, 3.63) is 65.0 Å². The summed E-state index contributed by atoms with van der Waals surface area (Å²) in [6.45, 7) is 2.08. The second-order valence-corrected chi connectivity index (χ2v) is 7.89. The molecule has 1 aromatic carbocycles. The number of carbonyl (C=O) groups is 1. The molecule has 0 bridgehead atoms. The summed E-state index contributed by atoms with van der Waals surface area (Å²) in [5, 5.41) is 5.02. The van der Waals surface area contributed by atoms with E-state index in [0.717, 1.165) is 22.7 Å². The molecule has 1 atom stereocenters. The fraction of sp³-hybridized carbons (Fsp3) is 0.333. The van der Waals surface area contributed by atoms with E-state index >= 15 is 0 Å². The fourth-order valence-corrected chi connectivity index (χ4v) is 4.38. The molecule has 0 spiro atoms. The van der Waals surface area contributed by atoms with Crippen LogP contribution >= 0.6 is 11.6 Å². The number of para-hydroxylation sites is 2. The minimum atomic E-state index is -0.107. The van der Waals surface area contributed by atoms with Crippen LogP contribution in [0.2, 0.25) is 5.15 Å². The Morgan fingerprint density at radius 2 is 2.13 bits per heavy atom. The normalized spacial score (nSPS) is 18.5. The van der Waals surface area contributed by atoms with Gasteiger partial charge in [-0.15, -0.1) is 0 Å². The molecule has 3 aromatic rings. The quantitative estimate of drug-likeness (QED) is 0.642. The highest BCUT2D eigenvalue weighted by Crippen LogP contribution is 2.32. The molecule has 30 heavy (non-hydrogen) atoms. The van der Waals surface area contributed by atoms with Crippen LogP contribution in [0.15, 0.2) is 42.9 Å². The van der Waals surface area contributed by atoms with Crippen LogP contribution in [-0.2, 0) is 13.0 Å². The summed E-state index contributed by atoms with van der Waals surface area (Å²) in [7, 11) is 2.02. The van der Waals surface area contributed by atoms with E-state index in [2.05, 4.69) is 20.0 Å². The van der Waals surface area contributed by atoms with Gasteiger partial charge in [0.05, 0.1) is 30.2 Å². The maximum absolute atomic E-state index is 13.3. The molecule has 0 radical (unpaired) electrons. The van der Waals surface area contributed by atoms with Gasteiger partial charge in [0.15, 0.2) is 5.69 Å². The highest BCUT2D eigenvalue weighted by molar-refractivity contribution is 6.31. The molecule has 154 valence electrons. The SMILES string of the molecule is CN1C[C@H](N2CCc3c(nn(Cc4cnccn4)c3Cl)C2=O)COc2ccccc21. The van der Waals surface area contributed by atoms with Crippen molar-refractivity contribution in [3.8, 4) is 5.75 Å². The zero-order chi connectivity index (χ0) is 20.7. The molecular weight excluding hydrogens is 404 g/mol. The van der Waals surface area contributed by atoms with Gasteiger partial charge in [-0.25, -0.2) is 4.68 Å². The number of hydrogen-bond acceptors (Lipinski definition) is 6. The van der Waals surface area contributed by atoms with Crippen LogP contribution in [0.5, 0.6) is 5.75 Å². The van der Waals surface area contributed by atoms with Crippen LogP contribution in [0.25, 0.3) is 0 Å². The van der Waals surface area contributed by atoms with Gasteiger partial charge >= 0.3 is 0 Å². The lowest BCUT2D eigenvalue weighted by Crippen LogP contribution is -2.51. The Morgan fingerprint density at radius 1 is 1.27 bits per heavy atom. The average molecular weight is 425 g/mol. The lowest BCUT2D eigenvalue weighted by molar-refractivity contribution is 0.0604. The van der Waals surface area contributed by atoms with Gasteiger partial charge < -0.3 is 14.5 Å². The molecule has 2 aliphatic heterocycles. The third-order valence-electron chi connectivity index (χ3n) is 5.61. The number of anilines is 1. The van der Waals surface area contributed by atoms with Crippen LogP contribution in [0.3, 0.4) is 0 Å². The summed E-state index contributed by atoms with van der Waals surface area (Å²) < 4.78 is 7.65. The molecule has 0 unspecified atom stereocenters. The van der Waals surface area contributed by atoms with Gasteiger partial charge in [0.25, 0.3) is 5.91 Å². The molecule has 2 aliphatic rings. The molecule has 0 saturated heterocycles. The summed E-state index contributed by atoms with van der Waals surface area (Å²) in [4.78, 5) is 25.7. The molecule has 2 aromatic heterocycles. The van der Waals surface area contributed by atoms with E-state index in [9.17, 15) is 4.79 Å². The number of hydrogen-bond donors (Lipinski definition) is 0. The minimum absolute atomic E-state index is 0.0769. The lowest BCUT2D eigenvalue weighted by atomic mass is 10.0. The van der Waals surface area contributed by atoms with E-state index in [4.69, 9.17) is 16.3 Å². The number of halogens is 1. The van der Waals surface area contributed by atoms with Crippen molar-refractivity contribution in [2.24, 2.45) is 0 Å². The molecule has 0 aliphatic carbocycles. The Kier molecular flexibility index (Phi) is 4.78. The Bertz CT molecular complexity index is 1090. The van der Waals surface area contributed by atoms with Crippen LogP contribution in [0.1, 0.15) is 21.7 Å². The Morgan fingerprint density at radius 3 is 2.97 bits per heavy atom. The molecule has 0 N–H and O–H groups in total. The number of rotatable bonds is 3. The molecule has 8 nitrogen and oxygen atoms in total. The predicted molar refractivity (Wildman–Crippen MR) is 112 cm³/mol. The van der Waals surface area contributed by atoms with Crippen molar-refractivity contribution in [2.75, 3.05) is 31.6 Å². The number of aromatic nitrogens is 4. The van der Waals surface area contributed by atoms with E-state index in [-0.39, 0.29) is 11.9 Å². The highest BCUT2D eigenvalue weighted by atomic mass is 35.5. The number of nitrogens with zero attached hydrogens (tertiary/aromatic N) is 6. The Balaban J connectivity index is 1.38. The zero-order valence-corrected chi connectivity index (χ0v) is 17.3. The smallest absolute Gasteiger partial charge is 0.275 e. The molecule has 1 amide bonds. The van der Waals surface area contributed by atoms with Gasteiger partial charge in [-0.3, -0.25) is 14.8 Å². The summed E-state index contributed by atoms with van der Waals surface area (Å²) in [6, 6.07) is 7.85. The van der Waals surface area contributed by atoms with Crippen molar-refractivity contribution < 1.29 is 9.53 Å². The van der Waals surface area contributed by atoms with Crippen LogP contribution in [0.4, 0.5) is 5.69 Å². The van der Waals surface area contributed by atoms with Gasteiger partial charge in [0.2, 0.25) is 0 Å². The predicted octanol–water partition coefficient (Wildman–Crippen LogP) is 2.27. The molecule has 4 heterocycles. The number of fused-ring (bicyclic) bond motifs is 2. The topological polar surface area (TPSA) is 76.4 Å². The van der Waals surface area contributed by atoms with E-state index in [1.54, 1.807) is 23.3 Å². The molecule has 0 saturated carbocycles. The minimum Gasteiger partial charge on any atom is -0.489 e. The van der Waals surface area contributed by atoms with Crippen LogP contribution in [0, 0.1) is 0 Å². The largest absolute Gasteiger partial charge is 0.489 e. The van der Waals surface area contributed by atoms with E-state index in [0.29, 0.717) is 43.5 Å². The lowest BCUT2D eigenvalue weighted by Gasteiger charge is -2.34. The summed E-state index contributed by atoms with van der Waals surface area (Å²) >= 11 is 6.55. The van der Waals surface area contributed by atoms with Gasteiger partial charge in [-0.1, -0.05) is 23.7 Å². The molecule has 9 heteroatoms. The first-order valence-electron chi connectivity index (χ1n) is 9.86. The standard InChI is InChI=1S/C21H21ClN6O2/c1-26-12-15(13-30-18-5-3-2-4-17(18)26)27-9-6-16-19(21(27)29)25-28(20(16)22)11-14-10-23-7-8-24-14/h2-5,7-8,10,15H,6,9,11-13H2,1H3/t15-/m0/s1. The summed E-state index contributed by atoms with van der Waals surface area (Å²) in [5.41, 5.74) is 2.98. The van der Waals surface area contributed by atoms with E-state index in [1.807, 2.05) is 36.2 Å². The first kappa shape index (κ1) is 18.9. The molecule has 0 fully saturated rings. The number of amides is 1. The van der Waals surface area contributed by atoms with Crippen molar-refractivity contribution in [3.63, 3.8) is 0 Å². The molecule has 5 rings (SSSR count). The van der Waals surface area contributed by atoms with Gasteiger partial charge in [0, 0.05) is 38.1 Å². The van der Waals surface area contributed by atoms with Gasteiger partial charge in [-0.05, 0) is 18.6 Å². The monoisotopic (exact) mass is 424 g/mol. The number of benzene rings is 1. The van der Waals surface area contributed by atoms with Crippen LogP contribution in [-0.4, -0.2) is 63.3 Å². The second kappa shape index (κ2) is 7.60. The zero-order valence-electron chi connectivity index (χ0n) is 16.5. The fourth-order valence-electron chi connectivity index (χ4n) is 4.10. The number of ether oxygens (including phenoxy) is 1. The Labute approximate surface area is 179 Å². The number of carbonyl (C=O) groups excluding carboxylic acids is 1. The third kappa shape index (κ3) is 3.27. The third-order valence-corrected chi connectivity index (χ3v) is 6.03. The molecular formula is C21H21ClN6O2. The number of likely N-dealkylation sites (N-methyl/N-ethyl adjacent to an activating group) is 1. The van der Waals surface area contributed by atoms with Crippen molar-refractivity contribution in [1.82, 2.24) is 24.6 Å². The average Bonchev–Trinajstić information content (AvgIpc) is 2.98. The first-order valence-corrected chi connectivity index (χ1v) is 10.2. The maximum atomic E-state index is 13.3.